The molecule has 0 saturated heterocycles. The lowest BCUT2D eigenvalue weighted by atomic mass is 9.93. The normalized spacial score (nSPS) is 16.3. The number of aromatic nitrogens is 3. The Labute approximate surface area is 232 Å². The number of carbonyl (C=O) groups excluding carboxylic acids is 2. The van der Waals surface area contributed by atoms with Gasteiger partial charge >= 0.3 is 11.7 Å². The van der Waals surface area contributed by atoms with Gasteiger partial charge < -0.3 is 29.6 Å². The van der Waals surface area contributed by atoms with Crippen molar-refractivity contribution in [2.75, 3.05) is 25.6 Å². The molecule has 2 atom stereocenters. The number of fused-ring (bicyclic) bond motifs is 2. The van der Waals surface area contributed by atoms with Crippen LogP contribution in [0.5, 0.6) is 17.4 Å². The second-order valence-electron chi connectivity index (χ2n) is 9.56. The van der Waals surface area contributed by atoms with Gasteiger partial charge in [0.25, 0.3) is 0 Å². The summed E-state index contributed by atoms with van der Waals surface area (Å²) in [6.45, 7) is 0.825. The van der Waals surface area contributed by atoms with Gasteiger partial charge in [0.2, 0.25) is 11.8 Å². The van der Waals surface area contributed by atoms with Gasteiger partial charge in [0.15, 0.2) is 22.3 Å². The minimum absolute atomic E-state index is 0.00665. The fraction of sp³-hybridized carbons (Fsp3) is 0.286. The SMILES string of the molecule is COC(=O)c1csc(NC(=O)C(CC2CCc3ccccc32)n2c(O)c(-c3ccc4c(c3)OCCO4)[nH]c2=O)n1. The molecule has 2 unspecified atom stereocenters. The maximum atomic E-state index is 13.7. The Morgan fingerprint density at radius 2 is 2.02 bits per heavy atom. The molecule has 3 heterocycles. The molecule has 1 aliphatic heterocycles. The average Bonchev–Trinajstić information content (AvgIpc) is 3.68. The van der Waals surface area contributed by atoms with Crippen LogP contribution in [-0.4, -0.2) is 51.8 Å². The number of imidazole rings is 1. The van der Waals surface area contributed by atoms with Crippen molar-refractivity contribution in [1.29, 1.82) is 0 Å². The van der Waals surface area contributed by atoms with E-state index in [9.17, 15) is 19.5 Å². The van der Waals surface area contributed by atoms with Crippen molar-refractivity contribution in [1.82, 2.24) is 14.5 Å². The van der Waals surface area contributed by atoms with Gasteiger partial charge in [0.1, 0.15) is 24.9 Å². The van der Waals surface area contributed by atoms with E-state index in [1.165, 1.54) is 18.1 Å². The maximum Gasteiger partial charge on any atom is 0.357 e. The molecule has 206 valence electrons. The number of carbonyl (C=O) groups is 2. The highest BCUT2D eigenvalue weighted by atomic mass is 32.1. The van der Waals surface area contributed by atoms with Gasteiger partial charge in [-0.1, -0.05) is 24.3 Å². The van der Waals surface area contributed by atoms with Crippen LogP contribution in [0.1, 0.15) is 46.4 Å². The van der Waals surface area contributed by atoms with Crippen molar-refractivity contribution in [3.63, 3.8) is 0 Å². The summed E-state index contributed by atoms with van der Waals surface area (Å²) in [6.07, 6.45) is 1.94. The Morgan fingerprint density at radius 1 is 1.23 bits per heavy atom. The fourth-order valence-corrected chi connectivity index (χ4v) is 6.02. The highest BCUT2D eigenvalue weighted by Gasteiger charge is 2.34. The van der Waals surface area contributed by atoms with Crippen LogP contribution in [0.25, 0.3) is 11.3 Å². The van der Waals surface area contributed by atoms with E-state index in [0.717, 1.165) is 34.3 Å². The Balaban J connectivity index is 1.36. The monoisotopic (exact) mass is 562 g/mol. The van der Waals surface area contributed by atoms with Crippen LogP contribution in [-0.2, 0) is 16.0 Å². The van der Waals surface area contributed by atoms with E-state index in [1.54, 1.807) is 18.2 Å². The number of ether oxygens (including phenoxy) is 3. The van der Waals surface area contributed by atoms with Crippen molar-refractivity contribution in [3.8, 4) is 28.6 Å². The van der Waals surface area contributed by atoms with Crippen molar-refractivity contribution < 1.29 is 28.9 Å². The first kappa shape index (κ1) is 25.7. The van der Waals surface area contributed by atoms with Crippen molar-refractivity contribution in [2.24, 2.45) is 0 Å². The number of aromatic hydroxyl groups is 1. The summed E-state index contributed by atoms with van der Waals surface area (Å²) >= 11 is 1.06. The summed E-state index contributed by atoms with van der Waals surface area (Å²) in [7, 11) is 1.25. The van der Waals surface area contributed by atoms with Crippen LogP contribution in [0.4, 0.5) is 5.13 Å². The van der Waals surface area contributed by atoms with Crippen LogP contribution in [0, 0.1) is 0 Å². The molecule has 0 fully saturated rings. The largest absolute Gasteiger partial charge is 0.493 e. The van der Waals surface area contributed by atoms with Gasteiger partial charge in [-0.15, -0.1) is 11.3 Å². The number of anilines is 1. The molecule has 11 nitrogen and oxygen atoms in total. The highest BCUT2D eigenvalue weighted by Crippen LogP contribution is 2.41. The van der Waals surface area contributed by atoms with Crippen LogP contribution < -0.4 is 20.5 Å². The minimum Gasteiger partial charge on any atom is -0.493 e. The van der Waals surface area contributed by atoms with Crippen molar-refractivity contribution in [2.45, 2.75) is 31.2 Å². The van der Waals surface area contributed by atoms with Crippen LogP contribution >= 0.6 is 11.3 Å². The number of H-pyrrole nitrogens is 1. The van der Waals surface area contributed by atoms with E-state index >= 15 is 0 Å². The highest BCUT2D eigenvalue weighted by molar-refractivity contribution is 7.14. The summed E-state index contributed by atoms with van der Waals surface area (Å²) in [6, 6.07) is 12.0. The predicted octanol–water partition coefficient (Wildman–Crippen LogP) is 3.86. The topological polar surface area (TPSA) is 145 Å². The number of aromatic amines is 1. The molecule has 12 heteroatoms. The number of amides is 1. The molecule has 0 bridgehead atoms. The smallest absolute Gasteiger partial charge is 0.357 e. The third-order valence-electron chi connectivity index (χ3n) is 7.24. The van der Waals surface area contributed by atoms with Crippen molar-refractivity contribution in [3.05, 3.63) is 75.1 Å². The summed E-state index contributed by atoms with van der Waals surface area (Å²) < 4.78 is 17.0. The second-order valence-corrected chi connectivity index (χ2v) is 10.4. The molecule has 1 aliphatic carbocycles. The van der Waals surface area contributed by atoms with Gasteiger partial charge in [0.05, 0.1) is 7.11 Å². The van der Waals surface area contributed by atoms with E-state index in [4.69, 9.17) is 14.2 Å². The first-order valence-electron chi connectivity index (χ1n) is 12.8. The predicted molar refractivity (Wildman–Crippen MR) is 146 cm³/mol. The summed E-state index contributed by atoms with van der Waals surface area (Å²) in [5.74, 6) is -0.475. The van der Waals surface area contributed by atoms with Gasteiger partial charge in [-0.2, -0.15) is 0 Å². The summed E-state index contributed by atoms with van der Waals surface area (Å²) in [5, 5.41) is 15.7. The maximum absolute atomic E-state index is 13.7. The second kappa shape index (κ2) is 10.5. The van der Waals surface area contributed by atoms with Crippen molar-refractivity contribution >= 4 is 28.3 Å². The molecule has 0 radical (unpaired) electrons. The molecular formula is C28H26N4O7S. The Kier molecular flexibility index (Phi) is 6.76. The molecule has 1 amide bonds. The van der Waals surface area contributed by atoms with E-state index in [2.05, 4.69) is 21.4 Å². The molecule has 2 aliphatic rings. The molecule has 2 aromatic heterocycles. The molecule has 4 aromatic rings. The zero-order valence-electron chi connectivity index (χ0n) is 21.5. The first-order chi connectivity index (χ1) is 19.4. The van der Waals surface area contributed by atoms with Gasteiger partial charge in [0, 0.05) is 10.9 Å². The third-order valence-corrected chi connectivity index (χ3v) is 8.00. The number of benzene rings is 2. The molecule has 40 heavy (non-hydrogen) atoms. The number of hydrogen-bond donors (Lipinski definition) is 3. The molecular weight excluding hydrogens is 536 g/mol. The molecule has 2 aromatic carbocycles. The number of nitrogens with one attached hydrogen (secondary N) is 2. The molecule has 0 spiro atoms. The number of rotatable bonds is 7. The zero-order valence-corrected chi connectivity index (χ0v) is 22.3. The van der Waals surface area contributed by atoms with E-state index in [0.29, 0.717) is 30.3 Å². The number of hydrogen-bond acceptors (Lipinski definition) is 9. The van der Waals surface area contributed by atoms with E-state index in [-0.39, 0.29) is 34.7 Å². The number of aryl methyl sites for hydroxylation is 1. The fourth-order valence-electron chi connectivity index (χ4n) is 5.34. The van der Waals surface area contributed by atoms with E-state index in [1.807, 2.05) is 18.2 Å². The number of esters is 1. The van der Waals surface area contributed by atoms with Gasteiger partial charge in [-0.05, 0) is 54.5 Å². The Morgan fingerprint density at radius 3 is 2.85 bits per heavy atom. The quantitative estimate of drug-likeness (QED) is 0.288. The number of thiazole rings is 1. The van der Waals surface area contributed by atoms with Gasteiger partial charge in [-0.25, -0.2) is 14.6 Å². The minimum atomic E-state index is -1.07. The molecule has 0 saturated carbocycles. The lowest BCUT2D eigenvalue weighted by Crippen LogP contribution is -2.33. The number of nitrogens with zero attached hydrogens (tertiary/aromatic N) is 2. The van der Waals surface area contributed by atoms with Crippen LogP contribution in [0.15, 0.2) is 52.6 Å². The van der Waals surface area contributed by atoms with Crippen LogP contribution in [0.2, 0.25) is 0 Å². The lowest BCUT2D eigenvalue weighted by Gasteiger charge is -2.22. The summed E-state index contributed by atoms with van der Waals surface area (Å²) in [5.41, 5.74) is 2.42. The Hall–Kier alpha value is -4.58. The van der Waals surface area contributed by atoms with E-state index < -0.39 is 23.6 Å². The standard InChI is InChI=1S/C28H26N4O7S/c1-37-26(35)19-14-40-27(29-19)31-24(33)20(12-16-7-6-15-4-2-3-5-18(15)16)32-25(34)23(30-28(32)36)17-8-9-21-22(13-17)39-11-10-38-21/h2-5,8-9,13-14,16,20,34H,6-7,10-12H2,1H3,(H,30,36)(H,29,31,33). The summed E-state index contributed by atoms with van der Waals surface area (Å²) in [4.78, 5) is 45.7. The lowest BCUT2D eigenvalue weighted by molar-refractivity contribution is -0.119. The number of methoxy groups -OCH3 is 1. The molecule has 6 rings (SSSR count). The average molecular weight is 563 g/mol. The van der Waals surface area contributed by atoms with Gasteiger partial charge in [-0.3, -0.25) is 9.36 Å². The zero-order chi connectivity index (χ0) is 27.8. The first-order valence-corrected chi connectivity index (χ1v) is 13.7. The molecule has 3 N–H and O–H groups in total. The van der Waals surface area contributed by atoms with Crippen LogP contribution in [0.3, 0.4) is 0 Å². The third kappa shape index (κ3) is 4.70. The Bertz CT molecular complexity index is 1660.